The molecular weight excluding hydrogens is 142 g/mol. The number of morpholine rings is 2. The fourth-order valence-corrected chi connectivity index (χ4v) is 1.91. The molecular formula is C8H13NO2. The molecule has 62 valence electrons. The van der Waals surface area contributed by atoms with E-state index in [0.717, 1.165) is 6.54 Å². The minimum Gasteiger partial charge on any atom is -0.458 e. The molecule has 0 aliphatic carbocycles. The van der Waals surface area contributed by atoms with Crippen molar-refractivity contribution in [2.45, 2.75) is 38.5 Å². The molecule has 3 fully saturated rings. The van der Waals surface area contributed by atoms with Crippen molar-refractivity contribution in [1.82, 2.24) is 4.90 Å². The predicted octanol–water partition coefficient (Wildman–Crippen LogP) is 0.394. The van der Waals surface area contributed by atoms with E-state index in [1.54, 1.807) is 0 Å². The average Bonchev–Trinajstić information content (AvgIpc) is 1.93. The van der Waals surface area contributed by atoms with Gasteiger partial charge in [-0.1, -0.05) is 0 Å². The van der Waals surface area contributed by atoms with E-state index in [1.165, 1.54) is 0 Å². The Morgan fingerprint density at radius 1 is 1.64 bits per heavy atom. The highest BCUT2D eigenvalue weighted by atomic mass is 16.6. The largest absolute Gasteiger partial charge is 0.458 e. The molecule has 0 spiro atoms. The summed E-state index contributed by atoms with van der Waals surface area (Å²) in [6, 6.07) is -0.0463. The molecule has 0 radical (unpaired) electrons. The van der Waals surface area contributed by atoms with Gasteiger partial charge in [-0.25, -0.2) is 0 Å². The van der Waals surface area contributed by atoms with Crippen LogP contribution < -0.4 is 0 Å². The van der Waals surface area contributed by atoms with Crippen molar-refractivity contribution in [2.75, 3.05) is 6.54 Å². The fraction of sp³-hybridized carbons (Fsp3) is 0.875. The molecule has 3 aliphatic rings. The second-order valence-corrected chi connectivity index (χ2v) is 3.91. The minimum atomic E-state index is -0.0689. The first-order chi connectivity index (χ1) is 5.03. The first-order valence-corrected chi connectivity index (χ1v) is 4.00. The van der Waals surface area contributed by atoms with Crippen LogP contribution in [0.2, 0.25) is 0 Å². The Labute approximate surface area is 66.3 Å². The average molecular weight is 155 g/mol. The van der Waals surface area contributed by atoms with Crippen molar-refractivity contribution in [2.24, 2.45) is 0 Å². The van der Waals surface area contributed by atoms with Crippen LogP contribution >= 0.6 is 0 Å². The van der Waals surface area contributed by atoms with Crippen LogP contribution in [-0.4, -0.2) is 35.1 Å². The Morgan fingerprint density at radius 2 is 2.27 bits per heavy atom. The maximum absolute atomic E-state index is 11.1. The van der Waals surface area contributed by atoms with Crippen LogP contribution in [-0.2, 0) is 9.53 Å². The summed E-state index contributed by atoms with van der Waals surface area (Å²) >= 11 is 0. The van der Waals surface area contributed by atoms with Crippen molar-refractivity contribution >= 4 is 5.97 Å². The van der Waals surface area contributed by atoms with Crippen molar-refractivity contribution in [3.8, 4) is 0 Å². The summed E-state index contributed by atoms with van der Waals surface area (Å²) in [5, 5.41) is 0. The lowest BCUT2D eigenvalue weighted by Crippen LogP contribution is -2.76. The van der Waals surface area contributed by atoms with Crippen LogP contribution in [0.1, 0.15) is 20.8 Å². The zero-order valence-corrected chi connectivity index (χ0v) is 7.13. The molecule has 0 N–H and O–H groups in total. The first kappa shape index (κ1) is 7.10. The molecule has 0 saturated carbocycles. The molecule has 0 aromatic rings. The van der Waals surface area contributed by atoms with E-state index in [2.05, 4.69) is 18.7 Å². The van der Waals surface area contributed by atoms with E-state index in [1.807, 2.05) is 6.92 Å². The van der Waals surface area contributed by atoms with Gasteiger partial charge in [0.05, 0.1) is 5.54 Å². The molecule has 3 rings (SSSR count). The first-order valence-electron chi connectivity index (χ1n) is 4.00. The van der Waals surface area contributed by atoms with Crippen LogP contribution in [0, 0.1) is 0 Å². The smallest absolute Gasteiger partial charge is 0.323 e. The Balaban J connectivity index is 2.23. The molecule has 3 saturated heterocycles. The maximum atomic E-state index is 11.1. The molecule has 0 aromatic carbocycles. The Hall–Kier alpha value is -0.570. The molecule has 2 bridgehead atoms. The number of rotatable bonds is 0. The molecule has 0 amide bonds. The van der Waals surface area contributed by atoms with Gasteiger partial charge in [0.1, 0.15) is 12.1 Å². The highest BCUT2D eigenvalue weighted by molar-refractivity contribution is 5.77. The van der Waals surface area contributed by atoms with E-state index < -0.39 is 0 Å². The van der Waals surface area contributed by atoms with Crippen molar-refractivity contribution in [3.05, 3.63) is 0 Å². The number of carbonyl (C=O) groups excluding carboxylic acids is 1. The van der Waals surface area contributed by atoms with Gasteiger partial charge in [-0.2, -0.15) is 0 Å². The van der Waals surface area contributed by atoms with Gasteiger partial charge in [-0.3, -0.25) is 9.69 Å². The standard InChI is InChI=1S/C8H13NO2/c1-5-7(10)11-6-4-9(5)8(6,2)3/h5-6H,4H2,1-3H3. The molecule has 0 aromatic heterocycles. The predicted molar refractivity (Wildman–Crippen MR) is 40.1 cm³/mol. The van der Waals surface area contributed by atoms with Gasteiger partial charge in [0.2, 0.25) is 0 Å². The summed E-state index contributed by atoms with van der Waals surface area (Å²) < 4.78 is 5.20. The number of nitrogens with zero attached hydrogens (tertiary/aromatic N) is 1. The van der Waals surface area contributed by atoms with Crippen LogP contribution in [0.4, 0.5) is 0 Å². The van der Waals surface area contributed by atoms with Crippen LogP contribution in [0.5, 0.6) is 0 Å². The van der Waals surface area contributed by atoms with Gasteiger partial charge in [-0.15, -0.1) is 0 Å². The summed E-state index contributed by atoms with van der Waals surface area (Å²) in [4.78, 5) is 13.2. The molecule has 3 heteroatoms. The Morgan fingerprint density at radius 3 is 2.64 bits per heavy atom. The highest BCUT2D eigenvalue weighted by Crippen LogP contribution is 2.38. The number of carbonyl (C=O) groups is 1. The van der Waals surface area contributed by atoms with Crippen LogP contribution in [0.15, 0.2) is 0 Å². The van der Waals surface area contributed by atoms with Crippen molar-refractivity contribution in [3.63, 3.8) is 0 Å². The molecule has 3 atom stereocenters. The third-order valence-corrected chi connectivity index (χ3v) is 2.96. The van der Waals surface area contributed by atoms with Crippen molar-refractivity contribution < 1.29 is 9.53 Å². The lowest BCUT2D eigenvalue weighted by molar-refractivity contribution is -0.224. The highest BCUT2D eigenvalue weighted by Gasteiger charge is 2.56. The SMILES string of the molecule is CC1C(=O)OC2CN1C2(C)C. The maximum Gasteiger partial charge on any atom is 0.323 e. The fourth-order valence-electron chi connectivity index (χ4n) is 1.91. The number of hydrogen-bond acceptors (Lipinski definition) is 3. The molecule has 3 heterocycles. The van der Waals surface area contributed by atoms with E-state index in [4.69, 9.17) is 4.74 Å². The quantitative estimate of drug-likeness (QED) is 0.474. The molecule has 11 heavy (non-hydrogen) atoms. The summed E-state index contributed by atoms with van der Waals surface area (Å²) in [6.07, 6.45) is 0.131. The van der Waals surface area contributed by atoms with E-state index in [0.29, 0.717) is 0 Å². The lowest BCUT2D eigenvalue weighted by Gasteiger charge is -2.59. The van der Waals surface area contributed by atoms with Gasteiger partial charge >= 0.3 is 5.97 Å². The molecule has 3 nitrogen and oxygen atoms in total. The normalized spacial score (nSPS) is 46.1. The summed E-state index contributed by atoms with van der Waals surface area (Å²) in [5.41, 5.74) is 0.0767. The number of ether oxygens (including phenoxy) is 1. The Kier molecular flexibility index (Phi) is 1.15. The number of esters is 1. The van der Waals surface area contributed by atoms with Gasteiger partial charge < -0.3 is 4.74 Å². The van der Waals surface area contributed by atoms with Gasteiger partial charge in [0, 0.05) is 6.54 Å². The second-order valence-electron chi connectivity index (χ2n) is 3.91. The topological polar surface area (TPSA) is 29.5 Å². The lowest BCUT2D eigenvalue weighted by atomic mass is 9.81. The van der Waals surface area contributed by atoms with Crippen LogP contribution in [0.25, 0.3) is 0 Å². The van der Waals surface area contributed by atoms with Crippen LogP contribution in [0.3, 0.4) is 0 Å². The summed E-state index contributed by atoms with van der Waals surface area (Å²) in [5.74, 6) is -0.0689. The second kappa shape index (κ2) is 1.78. The molecule has 3 aliphatic heterocycles. The van der Waals surface area contributed by atoms with E-state index >= 15 is 0 Å². The Bertz CT molecular complexity index is 212. The number of fused-ring (bicyclic) bond motifs is 2. The zero-order valence-electron chi connectivity index (χ0n) is 7.13. The monoisotopic (exact) mass is 155 g/mol. The summed E-state index contributed by atoms with van der Waals surface area (Å²) in [7, 11) is 0. The van der Waals surface area contributed by atoms with Gasteiger partial charge in [0.25, 0.3) is 0 Å². The third-order valence-electron chi connectivity index (χ3n) is 2.96. The zero-order chi connectivity index (χ0) is 8.22. The van der Waals surface area contributed by atoms with Crippen molar-refractivity contribution in [1.29, 1.82) is 0 Å². The van der Waals surface area contributed by atoms with E-state index in [-0.39, 0.29) is 23.7 Å². The van der Waals surface area contributed by atoms with E-state index in [9.17, 15) is 4.79 Å². The van der Waals surface area contributed by atoms with Gasteiger partial charge in [-0.05, 0) is 20.8 Å². The van der Waals surface area contributed by atoms with Gasteiger partial charge in [0.15, 0.2) is 0 Å². The minimum absolute atomic E-state index is 0.0463. The molecule has 3 unspecified atom stereocenters. The third kappa shape index (κ3) is 0.692. The summed E-state index contributed by atoms with van der Waals surface area (Å²) in [6.45, 7) is 7.05. The number of hydrogen-bond donors (Lipinski definition) is 0.